The van der Waals surface area contributed by atoms with E-state index in [1.807, 2.05) is 0 Å². The molecule has 0 radical (unpaired) electrons. The summed E-state index contributed by atoms with van der Waals surface area (Å²) >= 11 is 0. The summed E-state index contributed by atoms with van der Waals surface area (Å²) in [6.45, 7) is -4.81. The smallest absolute Gasteiger partial charge is 0.469 e. The number of hydrogen-bond donors (Lipinski definition) is 0. The van der Waals surface area contributed by atoms with Crippen molar-refractivity contribution in [2.45, 2.75) is 12.7 Å². The van der Waals surface area contributed by atoms with Gasteiger partial charge in [-0.2, -0.15) is 0 Å². The Labute approximate surface area is 140 Å². The Bertz CT molecular complexity index is 365. The van der Waals surface area contributed by atoms with E-state index in [0.717, 1.165) is 0 Å². The minimum atomic E-state index is -4.81. The molecule has 1 aromatic rings. The van der Waals surface area contributed by atoms with Gasteiger partial charge in [-0.15, -0.1) is 0 Å². The van der Waals surface area contributed by atoms with Crippen molar-refractivity contribution in [1.82, 2.24) is 0 Å². The van der Waals surface area contributed by atoms with Gasteiger partial charge in [-0.25, -0.2) is 0 Å². The molecular formula is C10H11BF3KO2. The molecule has 0 saturated heterocycles. The number of methoxy groups -OCH3 is 1. The number of carbonyl (C=O) groups excluding carboxylic acids is 1. The first-order valence-electron chi connectivity index (χ1n) is 4.76. The molecule has 0 fully saturated rings. The molecule has 0 saturated carbocycles. The van der Waals surface area contributed by atoms with Crippen molar-refractivity contribution in [2.24, 2.45) is 0 Å². The molecule has 0 aliphatic carbocycles. The van der Waals surface area contributed by atoms with Crippen LogP contribution in [0.15, 0.2) is 24.3 Å². The largest absolute Gasteiger partial charge is 1.00 e. The Hall–Kier alpha value is 0.181. The van der Waals surface area contributed by atoms with Gasteiger partial charge >= 0.3 is 64.3 Å². The van der Waals surface area contributed by atoms with Crippen molar-refractivity contribution in [3.05, 3.63) is 35.4 Å². The van der Waals surface area contributed by atoms with Crippen molar-refractivity contribution in [2.75, 3.05) is 7.11 Å². The minimum Gasteiger partial charge on any atom is -0.469 e. The predicted octanol–water partition coefficient (Wildman–Crippen LogP) is -0.665. The molecule has 0 aliphatic rings. The maximum absolute atomic E-state index is 12.1. The van der Waals surface area contributed by atoms with Crippen LogP contribution in [-0.2, 0) is 22.3 Å². The molecule has 0 unspecified atom stereocenters. The zero-order chi connectivity index (χ0) is 12.2. The summed E-state index contributed by atoms with van der Waals surface area (Å²) in [5, 5.41) is 0. The second kappa shape index (κ2) is 7.58. The number of rotatable bonds is 4. The fourth-order valence-electron chi connectivity index (χ4n) is 1.30. The van der Waals surface area contributed by atoms with Crippen LogP contribution in [0.25, 0.3) is 0 Å². The fraction of sp³-hybridized carbons (Fsp3) is 0.300. The van der Waals surface area contributed by atoms with Crippen LogP contribution in [0.5, 0.6) is 0 Å². The van der Waals surface area contributed by atoms with Gasteiger partial charge in [-0.1, -0.05) is 36.1 Å². The third kappa shape index (κ3) is 7.25. The Morgan fingerprint density at radius 2 is 1.65 bits per heavy atom. The zero-order valence-corrected chi connectivity index (χ0v) is 12.9. The summed E-state index contributed by atoms with van der Waals surface area (Å²) in [6.07, 6.45) is -0.813. The number of halogens is 3. The molecule has 88 valence electrons. The van der Waals surface area contributed by atoms with Crippen molar-refractivity contribution in [3.8, 4) is 0 Å². The van der Waals surface area contributed by atoms with E-state index in [0.29, 0.717) is 5.56 Å². The number of benzene rings is 1. The first-order chi connectivity index (χ1) is 7.40. The molecule has 0 aromatic heterocycles. The molecule has 0 bridgehead atoms. The van der Waals surface area contributed by atoms with Crippen LogP contribution in [0.2, 0.25) is 0 Å². The van der Waals surface area contributed by atoms with Crippen LogP contribution in [0, 0.1) is 0 Å². The SMILES string of the molecule is COC(=O)Cc1ccc(C[B-](F)(F)F)cc1.[K+]. The maximum Gasteiger partial charge on any atom is 1.00 e. The van der Waals surface area contributed by atoms with Crippen LogP contribution in [0.3, 0.4) is 0 Å². The van der Waals surface area contributed by atoms with Crippen LogP contribution in [0.1, 0.15) is 11.1 Å². The molecule has 2 nitrogen and oxygen atoms in total. The van der Waals surface area contributed by atoms with E-state index in [9.17, 15) is 17.7 Å². The molecule has 17 heavy (non-hydrogen) atoms. The summed E-state index contributed by atoms with van der Waals surface area (Å²) in [7, 11) is 1.27. The fourth-order valence-corrected chi connectivity index (χ4v) is 1.30. The Balaban J connectivity index is 0.00000256. The molecule has 0 amide bonds. The summed E-state index contributed by atoms with van der Waals surface area (Å²) in [6, 6.07) is 5.78. The van der Waals surface area contributed by atoms with Crippen LogP contribution < -0.4 is 51.4 Å². The van der Waals surface area contributed by atoms with Gasteiger partial charge in [0.2, 0.25) is 0 Å². The van der Waals surface area contributed by atoms with Gasteiger partial charge in [0.05, 0.1) is 13.5 Å². The van der Waals surface area contributed by atoms with Gasteiger partial charge < -0.3 is 17.7 Å². The number of carbonyl (C=O) groups is 1. The Kier molecular flexibility index (Phi) is 7.66. The van der Waals surface area contributed by atoms with E-state index in [-0.39, 0.29) is 63.4 Å². The van der Waals surface area contributed by atoms with E-state index in [2.05, 4.69) is 4.74 Å². The molecule has 0 aliphatic heterocycles. The van der Waals surface area contributed by atoms with E-state index >= 15 is 0 Å². The second-order valence-corrected chi connectivity index (χ2v) is 3.48. The minimum absolute atomic E-state index is 0. The topological polar surface area (TPSA) is 26.3 Å². The quantitative estimate of drug-likeness (QED) is 0.536. The molecule has 0 spiro atoms. The molecule has 0 N–H and O–H groups in total. The zero-order valence-electron chi connectivity index (χ0n) is 9.75. The average Bonchev–Trinajstić information content (AvgIpc) is 2.18. The van der Waals surface area contributed by atoms with Crippen LogP contribution >= 0.6 is 0 Å². The Morgan fingerprint density at radius 1 is 1.18 bits per heavy atom. The maximum atomic E-state index is 12.1. The molecule has 0 heterocycles. The number of esters is 1. The van der Waals surface area contributed by atoms with Gasteiger partial charge in [0.1, 0.15) is 0 Å². The van der Waals surface area contributed by atoms with Crippen LogP contribution in [-0.4, -0.2) is 20.1 Å². The Morgan fingerprint density at radius 3 is 2.06 bits per heavy atom. The van der Waals surface area contributed by atoms with Gasteiger partial charge in [0, 0.05) is 0 Å². The molecule has 0 atom stereocenters. The third-order valence-electron chi connectivity index (χ3n) is 2.07. The van der Waals surface area contributed by atoms with Crippen molar-refractivity contribution in [3.63, 3.8) is 0 Å². The standard InChI is InChI=1S/C10H11BF3O2.K/c1-16-10(15)6-8-2-4-9(5-3-8)7-11(12,13)14;/h2-5H,6-7H2,1H3;/q-1;+1. The summed E-state index contributed by atoms with van der Waals surface area (Å²) < 4.78 is 40.7. The summed E-state index contributed by atoms with van der Waals surface area (Å²) in [5.41, 5.74) is 0.853. The van der Waals surface area contributed by atoms with E-state index in [1.54, 1.807) is 0 Å². The van der Waals surface area contributed by atoms with Crippen LogP contribution in [0.4, 0.5) is 12.9 Å². The first-order valence-corrected chi connectivity index (χ1v) is 4.76. The average molecular weight is 270 g/mol. The van der Waals surface area contributed by atoms with E-state index < -0.39 is 19.3 Å². The van der Waals surface area contributed by atoms with Gasteiger partial charge in [-0.05, 0) is 5.56 Å². The van der Waals surface area contributed by atoms with Gasteiger partial charge in [0.25, 0.3) is 0 Å². The summed E-state index contributed by atoms with van der Waals surface area (Å²) in [5.74, 6) is -0.409. The van der Waals surface area contributed by atoms with Crippen molar-refractivity contribution < 1.29 is 73.9 Å². The normalized spacial score (nSPS) is 10.6. The van der Waals surface area contributed by atoms with E-state index in [4.69, 9.17) is 0 Å². The summed E-state index contributed by atoms with van der Waals surface area (Å²) in [4.78, 5) is 10.9. The first kappa shape index (κ1) is 17.2. The van der Waals surface area contributed by atoms with Gasteiger partial charge in [0.15, 0.2) is 0 Å². The predicted molar refractivity (Wildman–Crippen MR) is 54.9 cm³/mol. The second-order valence-electron chi connectivity index (χ2n) is 3.48. The molecule has 1 aromatic carbocycles. The van der Waals surface area contributed by atoms with Crippen molar-refractivity contribution >= 4 is 12.9 Å². The molecule has 1 rings (SSSR count). The molecule has 7 heteroatoms. The van der Waals surface area contributed by atoms with E-state index in [1.165, 1.54) is 31.4 Å². The monoisotopic (exact) mass is 270 g/mol. The number of ether oxygens (including phenoxy) is 1. The third-order valence-corrected chi connectivity index (χ3v) is 2.07. The van der Waals surface area contributed by atoms with Crippen molar-refractivity contribution in [1.29, 1.82) is 0 Å². The number of hydrogen-bond acceptors (Lipinski definition) is 2. The van der Waals surface area contributed by atoms with Gasteiger partial charge in [-0.3, -0.25) is 4.79 Å². The molecular weight excluding hydrogens is 259 g/mol.